The summed E-state index contributed by atoms with van der Waals surface area (Å²) < 4.78 is 0. The number of nitrogens with zero attached hydrogens (tertiary/aromatic N) is 2. The van der Waals surface area contributed by atoms with Gasteiger partial charge >= 0.3 is 0 Å². The van der Waals surface area contributed by atoms with Crippen molar-refractivity contribution >= 4 is 0 Å². The van der Waals surface area contributed by atoms with E-state index in [4.69, 9.17) is 0 Å². The molecular weight excluding hydrogens is 208 g/mol. The zero-order valence-corrected chi connectivity index (χ0v) is 10.7. The molecule has 0 N–H and O–H groups in total. The topological polar surface area (TPSA) is 6.48 Å². The van der Waals surface area contributed by atoms with Crippen LogP contribution in [0.4, 0.5) is 0 Å². The minimum atomic E-state index is 0.763. The van der Waals surface area contributed by atoms with Gasteiger partial charge in [0.15, 0.2) is 0 Å². The number of fused-ring (bicyclic) bond motifs is 1. The predicted molar refractivity (Wildman–Crippen MR) is 71.3 cm³/mol. The van der Waals surface area contributed by atoms with Gasteiger partial charge in [-0.25, -0.2) is 0 Å². The van der Waals surface area contributed by atoms with Crippen molar-refractivity contribution in [2.24, 2.45) is 0 Å². The first kappa shape index (κ1) is 11.2. The molecule has 1 aliphatic heterocycles. The Hall–Kier alpha value is -0.860. The molecule has 3 rings (SSSR count). The molecule has 17 heavy (non-hydrogen) atoms. The van der Waals surface area contributed by atoms with Crippen LogP contribution in [0.3, 0.4) is 0 Å². The van der Waals surface area contributed by atoms with E-state index in [0.717, 1.165) is 6.04 Å². The SMILES string of the molecule is CN1CCCN(C2Cc3ccccc3C2)CC1. The molecule has 1 saturated heterocycles. The molecule has 1 aliphatic carbocycles. The molecular formula is C15H22N2. The molecule has 2 heteroatoms. The van der Waals surface area contributed by atoms with Crippen molar-refractivity contribution < 1.29 is 0 Å². The average molecular weight is 230 g/mol. The van der Waals surface area contributed by atoms with Gasteiger partial charge in [-0.15, -0.1) is 0 Å². The van der Waals surface area contributed by atoms with Crippen LogP contribution in [0.5, 0.6) is 0 Å². The van der Waals surface area contributed by atoms with Gasteiger partial charge in [0.25, 0.3) is 0 Å². The van der Waals surface area contributed by atoms with Crippen LogP contribution in [0, 0.1) is 0 Å². The van der Waals surface area contributed by atoms with E-state index in [1.54, 1.807) is 11.1 Å². The maximum atomic E-state index is 2.71. The molecule has 2 nitrogen and oxygen atoms in total. The molecule has 2 aliphatic rings. The molecule has 1 heterocycles. The van der Waals surface area contributed by atoms with Gasteiger partial charge < -0.3 is 4.90 Å². The van der Waals surface area contributed by atoms with E-state index in [-0.39, 0.29) is 0 Å². The first-order valence-electron chi connectivity index (χ1n) is 6.82. The van der Waals surface area contributed by atoms with Crippen molar-refractivity contribution in [1.29, 1.82) is 0 Å². The quantitative estimate of drug-likeness (QED) is 0.726. The third-order valence-electron chi connectivity index (χ3n) is 4.30. The second-order valence-corrected chi connectivity index (χ2v) is 5.52. The van der Waals surface area contributed by atoms with Crippen molar-refractivity contribution in [3.63, 3.8) is 0 Å². The van der Waals surface area contributed by atoms with Crippen LogP contribution in [0.25, 0.3) is 0 Å². The Morgan fingerprint density at radius 2 is 1.65 bits per heavy atom. The fourth-order valence-electron chi connectivity index (χ4n) is 3.23. The lowest BCUT2D eigenvalue weighted by Crippen LogP contribution is -2.38. The Morgan fingerprint density at radius 3 is 2.35 bits per heavy atom. The van der Waals surface area contributed by atoms with Crippen molar-refractivity contribution in [1.82, 2.24) is 9.80 Å². The maximum absolute atomic E-state index is 2.71. The molecule has 0 spiro atoms. The molecule has 0 aromatic heterocycles. The number of hydrogen-bond donors (Lipinski definition) is 0. The van der Waals surface area contributed by atoms with Gasteiger partial charge in [-0.05, 0) is 50.5 Å². The Kier molecular flexibility index (Phi) is 3.17. The summed E-state index contributed by atoms with van der Waals surface area (Å²) in [4.78, 5) is 5.17. The monoisotopic (exact) mass is 230 g/mol. The van der Waals surface area contributed by atoms with Crippen LogP contribution < -0.4 is 0 Å². The van der Waals surface area contributed by atoms with Crippen LogP contribution in [0.1, 0.15) is 17.5 Å². The van der Waals surface area contributed by atoms with E-state index in [2.05, 4.69) is 41.1 Å². The second-order valence-electron chi connectivity index (χ2n) is 5.52. The first-order valence-corrected chi connectivity index (χ1v) is 6.82. The van der Waals surface area contributed by atoms with Gasteiger partial charge in [0.2, 0.25) is 0 Å². The lowest BCUT2D eigenvalue weighted by Gasteiger charge is -2.27. The van der Waals surface area contributed by atoms with Crippen LogP contribution in [0.15, 0.2) is 24.3 Å². The normalized spacial score (nSPS) is 23.6. The Balaban J connectivity index is 1.67. The van der Waals surface area contributed by atoms with Crippen molar-refractivity contribution in [3.05, 3.63) is 35.4 Å². The first-order chi connectivity index (χ1) is 8.33. The summed E-state index contributed by atoms with van der Waals surface area (Å²) in [6, 6.07) is 9.73. The largest absolute Gasteiger partial charge is 0.305 e. The smallest absolute Gasteiger partial charge is 0.0177 e. The lowest BCUT2D eigenvalue weighted by molar-refractivity contribution is 0.208. The highest BCUT2D eigenvalue weighted by Crippen LogP contribution is 2.25. The highest BCUT2D eigenvalue weighted by atomic mass is 15.2. The zero-order chi connectivity index (χ0) is 11.7. The third kappa shape index (κ3) is 2.38. The van der Waals surface area contributed by atoms with Crippen LogP contribution in [0.2, 0.25) is 0 Å². The Bertz CT molecular complexity index is 363. The van der Waals surface area contributed by atoms with E-state index in [1.165, 1.54) is 45.4 Å². The molecule has 0 saturated carbocycles. The molecule has 0 bridgehead atoms. The van der Waals surface area contributed by atoms with Gasteiger partial charge in [0, 0.05) is 19.1 Å². The van der Waals surface area contributed by atoms with E-state index in [0.29, 0.717) is 0 Å². The number of hydrogen-bond acceptors (Lipinski definition) is 2. The summed E-state index contributed by atoms with van der Waals surface area (Å²) in [5, 5.41) is 0. The Labute approximate surface area is 104 Å². The van der Waals surface area contributed by atoms with E-state index >= 15 is 0 Å². The standard InChI is InChI=1S/C15H22N2/c1-16-7-4-8-17(10-9-16)15-11-13-5-2-3-6-14(13)12-15/h2-3,5-6,15H,4,7-12H2,1H3. The van der Waals surface area contributed by atoms with Gasteiger partial charge in [-0.2, -0.15) is 0 Å². The van der Waals surface area contributed by atoms with Crippen LogP contribution in [-0.2, 0) is 12.8 Å². The summed E-state index contributed by atoms with van der Waals surface area (Å²) in [6.07, 6.45) is 3.85. The van der Waals surface area contributed by atoms with E-state index in [9.17, 15) is 0 Å². The van der Waals surface area contributed by atoms with Gasteiger partial charge in [0.05, 0.1) is 0 Å². The summed E-state index contributed by atoms with van der Waals surface area (Å²) >= 11 is 0. The summed E-state index contributed by atoms with van der Waals surface area (Å²) in [5.41, 5.74) is 3.16. The molecule has 1 aromatic rings. The highest BCUT2D eigenvalue weighted by molar-refractivity contribution is 5.33. The Morgan fingerprint density at radius 1 is 0.941 bits per heavy atom. The van der Waals surface area contributed by atoms with Crippen molar-refractivity contribution in [3.8, 4) is 0 Å². The summed E-state index contributed by atoms with van der Waals surface area (Å²) in [6.45, 7) is 5.02. The molecule has 0 amide bonds. The molecule has 92 valence electrons. The predicted octanol–water partition coefficient (Wildman–Crippen LogP) is 1.79. The van der Waals surface area contributed by atoms with E-state index in [1.807, 2.05) is 0 Å². The second kappa shape index (κ2) is 4.79. The molecule has 0 atom stereocenters. The van der Waals surface area contributed by atoms with Crippen molar-refractivity contribution in [2.45, 2.75) is 25.3 Å². The van der Waals surface area contributed by atoms with Crippen LogP contribution >= 0.6 is 0 Å². The number of likely N-dealkylation sites (N-methyl/N-ethyl adjacent to an activating group) is 1. The fourth-order valence-corrected chi connectivity index (χ4v) is 3.23. The van der Waals surface area contributed by atoms with Gasteiger partial charge in [-0.1, -0.05) is 24.3 Å². The molecule has 1 aromatic carbocycles. The fraction of sp³-hybridized carbons (Fsp3) is 0.600. The molecule has 0 radical (unpaired) electrons. The minimum absolute atomic E-state index is 0.763. The van der Waals surface area contributed by atoms with E-state index < -0.39 is 0 Å². The number of rotatable bonds is 1. The lowest BCUT2D eigenvalue weighted by atomic mass is 10.1. The minimum Gasteiger partial charge on any atom is -0.305 e. The van der Waals surface area contributed by atoms with Crippen LogP contribution in [-0.4, -0.2) is 49.1 Å². The average Bonchev–Trinajstić information content (AvgIpc) is 2.65. The number of benzene rings is 1. The van der Waals surface area contributed by atoms with Gasteiger partial charge in [0.1, 0.15) is 0 Å². The highest BCUT2D eigenvalue weighted by Gasteiger charge is 2.27. The summed E-state index contributed by atoms with van der Waals surface area (Å²) in [5.74, 6) is 0. The molecule has 1 fully saturated rings. The van der Waals surface area contributed by atoms with Crippen molar-refractivity contribution in [2.75, 3.05) is 33.2 Å². The summed E-state index contributed by atoms with van der Waals surface area (Å²) in [7, 11) is 2.24. The zero-order valence-electron chi connectivity index (χ0n) is 10.7. The molecule has 0 unspecified atom stereocenters. The van der Waals surface area contributed by atoms with Gasteiger partial charge in [-0.3, -0.25) is 4.90 Å². The maximum Gasteiger partial charge on any atom is 0.0177 e. The third-order valence-corrected chi connectivity index (χ3v) is 4.30.